The number of furan rings is 1. The number of hydrazine groups is 1. The van der Waals surface area contributed by atoms with Crippen LogP contribution in [0.2, 0.25) is 0 Å². The first-order valence-electron chi connectivity index (χ1n) is 5.67. The highest BCUT2D eigenvalue weighted by molar-refractivity contribution is 7.80. The van der Waals surface area contributed by atoms with E-state index < -0.39 is 0 Å². The fraction of sp³-hybridized carbons (Fsp3) is 0.0769. The van der Waals surface area contributed by atoms with E-state index in [0.717, 1.165) is 5.76 Å². The lowest BCUT2D eigenvalue weighted by Crippen LogP contribution is -2.46. The molecule has 1 heterocycles. The molecular weight excluding hydrogens is 262 g/mol. The average molecular weight is 275 g/mol. The molecule has 0 fully saturated rings. The van der Waals surface area contributed by atoms with Gasteiger partial charge in [-0.2, -0.15) is 0 Å². The van der Waals surface area contributed by atoms with E-state index in [-0.39, 0.29) is 5.91 Å². The molecule has 0 spiro atoms. The van der Waals surface area contributed by atoms with Crippen LogP contribution in [0.4, 0.5) is 0 Å². The smallest absolute Gasteiger partial charge is 0.269 e. The third kappa shape index (κ3) is 4.11. The predicted molar refractivity (Wildman–Crippen MR) is 75.2 cm³/mol. The van der Waals surface area contributed by atoms with Crippen molar-refractivity contribution >= 4 is 23.2 Å². The largest absolute Gasteiger partial charge is 0.467 e. The number of rotatable bonds is 3. The maximum atomic E-state index is 11.7. The first-order chi connectivity index (χ1) is 9.25. The van der Waals surface area contributed by atoms with Crippen LogP contribution in [0.1, 0.15) is 16.1 Å². The van der Waals surface area contributed by atoms with Gasteiger partial charge in [-0.25, -0.2) is 0 Å². The predicted octanol–water partition coefficient (Wildman–Crippen LogP) is 1.59. The van der Waals surface area contributed by atoms with Gasteiger partial charge in [-0.15, -0.1) is 0 Å². The van der Waals surface area contributed by atoms with Crippen molar-refractivity contribution in [3.63, 3.8) is 0 Å². The van der Waals surface area contributed by atoms with Crippen LogP contribution in [0.15, 0.2) is 53.1 Å². The third-order valence-corrected chi connectivity index (χ3v) is 2.58. The molecule has 0 saturated heterocycles. The molecule has 0 radical (unpaired) electrons. The molecule has 1 amide bonds. The van der Waals surface area contributed by atoms with Gasteiger partial charge in [0.1, 0.15) is 5.76 Å². The average Bonchev–Trinajstić information content (AvgIpc) is 2.96. The van der Waals surface area contributed by atoms with Crippen LogP contribution in [-0.4, -0.2) is 11.0 Å². The van der Waals surface area contributed by atoms with E-state index in [0.29, 0.717) is 17.2 Å². The zero-order valence-corrected chi connectivity index (χ0v) is 10.9. The summed E-state index contributed by atoms with van der Waals surface area (Å²) in [5.41, 5.74) is 5.69. The van der Waals surface area contributed by atoms with Crippen LogP contribution in [0.5, 0.6) is 0 Å². The Bertz CT molecular complexity index is 540. The molecule has 0 bridgehead atoms. The van der Waals surface area contributed by atoms with Crippen molar-refractivity contribution in [2.75, 3.05) is 0 Å². The molecular formula is C13H13N3O2S. The number of carbonyl (C=O) groups excluding carboxylic acids is 1. The van der Waals surface area contributed by atoms with E-state index >= 15 is 0 Å². The molecule has 0 aliphatic carbocycles. The van der Waals surface area contributed by atoms with Crippen molar-refractivity contribution in [3.8, 4) is 0 Å². The topological polar surface area (TPSA) is 66.3 Å². The number of nitrogens with one attached hydrogen (secondary N) is 3. The molecule has 19 heavy (non-hydrogen) atoms. The van der Waals surface area contributed by atoms with Gasteiger partial charge in [0.25, 0.3) is 5.91 Å². The molecule has 5 nitrogen and oxygen atoms in total. The van der Waals surface area contributed by atoms with Gasteiger partial charge < -0.3 is 9.73 Å². The molecule has 1 aromatic carbocycles. The van der Waals surface area contributed by atoms with Gasteiger partial charge in [-0.1, -0.05) is 18.2 Å². The zero-order valence-electron chi connectivity index (χ0n) is 10.1. The van der Waals surface area contributed by atoms with E-state index in [4.69, 9.17) is 16.6 Å². The summed E-state index contributed by atoms with van der Waals surface area (Å²) < 4.78 is 5.14. The molecule has 98 valence electrons. The van der Waals surface area contributed by atoms with E-state index in [9.17, 15) is 4.79 Å². The second kappa shape index (κ2) is 6.55. The molecule has 0 aliphatic heterocycles. The molecule has 0 saturated carbocycles. The number of amides is 1. The Morgan fingerprint density at radius 1 is 1.11 bits per heavy atom. The van der Waals surface area contributed by atoms with E-state index in [1.807, 2.05) is 12.1 Å². The second-order valence-electron chi connectivity index (χ2n) is 3.71. The fourth-order valence-corrected chi connectivity index (χ4v) is 1.52. The van der Waals surface area contributed by atoms with E-state index in [2.05, 4.69) is 16.2 Å². The van der Waals surface area contributed by atoms with Crippen molar-refractivity contribution in [2.24, 2.45) is 0 Å². The van der Waals surface area contributed by atoms with Crippen LogP contribution in [0.3, 0.4) is 0 Å². The maximum absolute atomic E-state index is 11.7. The van der Waals surface area contributed by atoms with Gasteiger partial charge in [0.15, 0.2) is 5.11 Å². The molecule has 6 heteroatoms. The van der Waals surface area contributed by atoms with Gasteiger partial charge in [-0.05, 0) is 36.5 Å². The molecule has 3 N–H and O–H groups in total. The third-order valence-electron chi connectivity index (χ3n) is 2.33. The van der Waals surface area contributed by atoms with Gasteiger partial charge >= 0.3 is 0 Å². The molecule has 0 unspecified atom stereocenters. The minimum Gasteiger partial charge on any atom is -0.467 e. The molecule has 1 aromatic heterocycles. The summed E-state index contributed by atoms with van der Waals surface area (Å²) in [6.45, 7) is 0.458. The van der Waals surface area contributed by atoms with Crippen LogP contribution in [-0.2, 0) is 6.54 Å². The van der Waals surface area contributed by atoms with E-state index in [1.165, 1.54) is 0 Å². The number of carbonyl (C=O) groups is 1. The van der Waals surface area contributed by atoms with Crippen LogP contribution >= 0.6 is 12.2 Å². The standard InChI is InChI=1S/C13H13N3O2S/c17-12(10-5-2-1-3-6-10)15-16-13(19)14-9-11-7-4-8-18-11/h1-8H,9H2,(H,15,17)(H2,14,16,19). The Labute approximate surface area is 116 Å². The van der Waals surface area contributed by atoms with E-state index in [1.54, 1.807) is 36.6 Å². The number of thiocarbonyl (C=S) groups is 1. The lowest BCUT2D eigenvalue weighted by atomic mass is 10.2. The normalized spacial score (nSPS) is 9.68. The Hall–Kier alpha value is -2.34. The number of hydrogen-bond donors (Lipinski definition) is 3. The van der Waals surface area contributed by atoms with Crippen molar-refractivity contribution in [1.82, 2.24) is 16.2 Å². The quantitative estimate of drug-likeness (QED) is 0.586. The first kappa shape index (κ1) is 13.1. The van der Waals surface area contributed by atoms with Gasteiger partial charge in [0, 0.05) is 5.56 Å². The SMILES string of the molecule is O=C(NNC(=S)NCc1ccco1)c1ccccc1. The Morgan fingerprint density at radius 3 is 2.58 bits per heavy atom. The highest BCUT2D eigenvalue weighted by Gasteiger charge is 2.04. The monoisotopic (exact) mass is 275 g/mol. The van der Waals surface area contributed by atoms with Gasteiger partial charge in [0.05, 0.1) is 12.8 Å². The molecule has 0 aliphatic rings. The lowest BCUT2D eigenvalue weighted by molar-refractivity contribution is 0.0943. The molecule has 0 atom stereocenters. The summed E-state index contributed by atoms with van der Waals surface area (Å²) in [6, 6.07) is 12.5. The van der Waals surface area contributed by atoms with Crippen LogP contribution < -0.4 is 16.2 Å². The number of benzene rings is 1. The Kier molecular flexibility index (Phi) is 4.52. The van der Waals surface area contributed by atoms with Gasteiger partial charge in [-0.3, -0.25) is 15.6 Å². The second-order valence-corrected chi connectivity index (χ2v) is 4.12. The number of hydrogen-bond acceptors (Lipinski definition) is 3. The van der Waals surface area contributed by atoms with Crippen LogP contribution in [0.25, 0.3) is 0 Å². The zero-order chi connectivity index (χ0) is 13.5. The Morgan fingerprint density at radius 2 is 1.89 bits per heavy atom. The van der Waals surface area contributed by atoms with Crippen molar-refractivity contribution in [2.45, 2.75) is 6.54 Å². The minimum atomic E-state index is -0.247. The van der Waals surface area contributed by atoms with Gasteiger partial charge in [0.2, 0.25) is 0 Å². The summed E-state index contributed by atoms with van der Waals surface area (Å²) in [4.78, 5) is 11.7. The molecule has 2 aromatic rings. The lowest BCUT2D eigenvalue weighted by Gasteiger charge is -2.10. The van der Waals surface area contributed by atoms with Crippen molar-refractivity contribution < 1.29 is 9.21 Å². The maximum Gasteiger partial charge on any atom is 0.269 e. The first-order valence-corrected chi connectivity index (χ1v) is 6.08. The Balaban J connectivity index is 1.73. The summed E-state index contributed by atoms with van der Waals surface area (Å²) in [7, 11) is 0. The summed E-state index contributed by atoms with van der Waals surface area (Å²) >= 11 is 5.02. The fourth-order valence-electron chi connectivity index (χ4n) is 1.40. The summed E-state index contributed by atoms with van der Waals surface area (Å²) in [6.07, 6.45) is 1.59. The summed E-state index contributed by atoms with van der Waals surface area (Å²) in [5, 5.41) is 3.22. The summed E-state index contributed by atoms with van der Waals surface area (Å²) in [5.74, 6) is 0.515. The highest BCUT2D eigenvalue weighted by atomic mass is 32.1. The van der Waals surface area contributed by atoms with Crippen LogP contribution in [0, 0.1) is 0 Å². The minimum absolute atomic E-state index is 0.247. The van der Waals surface area contributed by atoms with Crippen molar-refractivity contribution in [3.05, 3.63) is 60.1 Å². The molecule has 2 rings (SSSR count). The van der Waals surface area contributed by atoms with Crippen molar-refractivity contribution in [1.29, 1.82) is 0 Å². The highest BCUT2D eigenvalue weighted by Crippen LogP contribution is 1.98.